The van der Waals surface area contributed by atoms with Crippen molar-refractivity contribution in [2.75, 3.05) is 14.2 Å². The molecule has 1 aromatic rings. The summed E-state index contributed by atoms with van der Waals surface area (Å²) in [5.74, 6) is 0.320. The summed E-state index contributed by atoms with van der Waals surface area (Å²) in [7, 11) is 3.35. The minimum absolute atomic E-state index is 0.103. The first-order chi connectivity index (χ1) is 7.60. The highest BCUT2D eigenvalue weighted by atomic mass is 19.1. The Bertz CT molecular complexity index is 376. The Morgan fingerprint density at radius 1 is 1.56 bits per heavy atom. The van der Waals surface area contributed by atoms with Crippen molar-refractivity contribution in [2.24, 2.45) is 0 Å². The summed E-state index contributed by atoms with van der Waals surface area (Å²) in [6.45, 7) is 5.78. The van der Waals surface area contributed by atoms with Gasteiger partial charge in [-0.1, -0.05) is 11.6 Å². The molecule has 0 aliphatic carbocycles. The first kappa shape index (κ1) is 12.7. The zero-order chi connectivity index (χ0) is 12.1. The number of hydrogen-bond acceptors (Lipinski definition) is 2. The number of benzene rings is 1. The normalized spacial score (nSPS) is 12.2. The number of halogens is 1. The molecule has 0 aromatic heterocycles. The quantitative estimate of drug-likeness (QED) is 0.775. The summed E-state index contributed by atoms with van der Waals surface area (Å²) in [5.41, 5.74) is 1.57. The highest BCUT2D eigenvalue weighted by Crippen LogP contribution is 2.30. The Morgan fingerprint density at radius 2 is 2.25 bits per heavy atom. The average Bonchev–Trinajstić information content (AvgIpc) is 2.25. The van der Waals surface area contributed by atoms with Gasteiger partial charge in [0.05, 0.1) is 7.11 Å². The van der Waals surface area contributed by atoms with Crippen molar-refractivity contribution in [1.29, 1.82) is 0 Å². The lowest BCUT2D eigenvalue weighted by molar-refractivity contribution is 0.393. The first-order valence-corrected chi connectivity index (χ1v) is 5.24. The van der Waals surface area contributed by atoms with Crippen LogP contribution in [0.3, 0.4) is 0 Å². The standard InChI is InChI=1S/C13H18FNO/c1-9(2)8-11(15-3)13-10(14)6-5-7-12(13)16-4/h5-7,11,15H,1,8H2,2-4H3. The Morgan fingerprint density at radius 3 is 2.75 bits per heavy atom. The van der Waals surface area contributed by atoms with E-state index in [-0.39, 0.29) is 11.9 Å². The second-order valence-corrected chi connectivity index (χ2v) is 3.86. The second kappa shape index (κ2) is 5.66. The molecule has 1 rings (SSSR count). The molecule has 0 heterocycles. The van der Waals surface area contributed by atoms with Crippen molar-refractivity contribution in [3.05, 3.63) is 41.7 Å². The third kappa shape index (κ3) is 2.83. The van der Waals surface area contributed by atoms with Crippen molar-refractivity contribution in [2.45, 2.75) is 19.4 Å². The van der Waals surface area contributed by atoms with Crippen LogP contribution in [0.4, 0.5) is 4.39 Å². The van der Waals surface area contributed by atoms with Gasteiger partial charge in [0.15, 0.2) is 0 Å². The van der Waals surface area contributed by atoms with Gasteiger partial charge in [-0.25, -0.2) is 4.39 Å². The van der Waals surface area contributed by atoms with Gasteiger partial charge in [-0.3, -0.25) is 0 Å². The fourth-order valence-electron chi connectivity index (χ4n) is 1.73. The highest BCUT2D eigenvalue weighted by molar-refractivity contribution is 5.37. The predicted octanol–water partition coefficient (Wildman–Crippen LogP) is 3.06. The molecule has 16 heavy (non-hydrogen) atoms. The van der Waals surface area contributed by atoms with Crippen LogP contribution in [0.15, 0.2) is 30.4 Å². The zero-order valence-corrected chi connectivity index (χ0v) is 10.0. The van der Waals surface area contributed by atoms with Crippen LogP contribution >= 0.6 is 0 Å². The summed E-state index contributed by atoms with van der Waals surface area (Å²) in [6.07, 6.45) is 0.688. The van der Waals surface area contributed by atoms with Crippen molar-refractivity contribution in [1.82, 2.24) is 5.32 Å². The van der Waals surface area contributed by atoms with Crippen LogP contribution in [-0.4, -0.2) is 14.2 Å². The summed E-state index contributed by atoms with van der Waals surface area (Å²) in [4.78, 5) is 0. The molecule has 88 valence electrons. The van der Waals surface area contributed by atoms with Crippen LogP contribution in [-0.2, 0) is 0 Å². The maximum atomic E-state index is 13.8. The predicted molar refractivity (Wildman–Crippen MR) is 64.2 cm³/mol. The third-order valence-electron chi connectivity index (χ3n) is 2.48. The summed E-state index contributed by atoms with van der Waals surface area (Å²) < 4.78 is 19.0. The molecular weight excluding hydrogens is 205 g/mol. The molecule has 0 saturated heterocycles. The molecule has 0 spiro atoms. The van der Waals surface area contributed by atoms with E-state index < -0.39 is 0 Å². The smallest absolute Gasteiger partial charge is 0.131 e. The van der Waals surface area contributed by atoms with E-state index in [0.717, 1.165) is 5.57 Å². The van der Waals surface area contributed by atoms with Gasteiger partial charge in [0.25, 0.3) is 0 Å². The summed E-state index contributed by atoms with van der Waals surface area (Å²) >= 11 is 0. The van der Waals surface area contributed by atoms with Gasteiger partial charge in [-0.15, -0.1) is 6.58 Å². The lowest BCUT2D eigenvalue weighted by Gasteiger charge is -2.20. The number of rotatable bonds is 5. The fourth-order valence-corrected chi connectivity index (χ4v) is 1.73. The lowest BCUT2D eigenvalue weighted by atomic mass is 9.99. The summed E-state index contributed by atoms with van der Waals surface area (Å²) in [6, 6.07) is 4.75. The van der Waals surface area contributed by atoms with Crippen molar-refractivity contribution in [3.63, 3.8) is 0 Å². The monoisotopic (exact) mass is 223 g/mol. The van der Waals surface area contributed by atoms with Crippen LogP contribution in [0.25, 0.3) is 0 Å². The second-order valence-electron chi connectivity index (χ2n) is 3.86. The van der Waals surface area contributed by atoms with Gasteiger partial charge in [0.1, 0.15) is 11.6 Å². The van der Waals surface area contributed by atoms with E-state index >= 15 is 0 Å². The zero-order valence-electron chi connectivity index (χ0n) is 10.0. The molecule has 0 fully saturated rings. The van der Waals surface area contributed by atoms with Crippen LogP contribution in [0.2, 0.25) is 0 Å². The maximum Gasteiger partial charge on any atom is 0.131 e. The molecule has 0 amide bonds. The Hall–Kier alpha value is -1.35. The molecule has 2 nitrogen and oxygen atoms in total. The maximum absolute atomic E-state index is 13.8. The van der Waals surface area contributed by atoms with E-state index in [9.17, 15) is 4.39 Å². The number of ether oxygens (including phenoxy) is 1. The van der Waals surface area contributed by atoms with E-state index in [1.165, 1.54) is 6.07 Å². The Kier molecular flexibility index (Phi) is 4.50. The van der Waals surface area contributed by atoms with E-state index in [2.05, 4.69) is 11.9 Å². The molecule has 0 aliphatic heterocycles. The van der Waals surface area contributed by atoms with E-state index in [0.29, 0.717) is 17.7 Å². The molecule has 3 heteroatoms. The highest BCUT2D eigenvalue weighted by Gasteiger charge is 2.18. The topological polar surface area (TPSA) is 21.3 Å². The van der Waals surface area contributed by atoms with Crippen molar-refractivity contribution < 1.29 is 9.13 Å². The van der Waals surface area contributed by atoms with Gasteiger partial charge >= 0.3 is 0 Å². The first-order valence-electron chi connectivity index (χ1n) is 5.24. The van der Waals surface area contributed by atoms with Gasteiger partial charge in [-0.2, -0.15) is 0 Å². The minimum atomic E-state index is -0.250. The minimum Gasteiger partial charge on any atom is -0.496 e. The largest absolute Gasteiger partial charge is 0.496 e. The molecule has 0 aliphatic rings. The molecule has 0 bridgehead atoms. The molecular formula is C13H18FNO. The van der Waals surface area contributed by atoms with E-state index in [1.54, 1.807) is 26.3 Å². The van der Waals surface area contributed by atoms with E-state index in [4.69, 9.17) is 4.74 Å². The molecule has 1 aromatic carbocycles. The van der Waals surface area contributed by atoms with E-state index in [1.807, 2.05) is 6.92 Å². The molecule has 1 unspecified atom stereocenters. The lowest BCUT2D eigenvalue weighted by Crippen LogP contribution is -2.18. The van der Waals surface area contributed by atoms with Crippen molar-refractivity contribution in [3.8, 4) is 5.75 Å². The van der Waals surface area contributed by atoms with Crippen molar-refractivity contribution >= 4 is 0 Å². The van der Waals surface area contributed by atoms with Gasteiger partial charge in [0, 0.05) is 11.6 Å². The van der Waals surface area contributed by atoms with Gasteiger partial charge < -0.3 is 10.1 Å². The van der Waals surface area contributed by atoms with Gasteiger partial charge in [0.2, 0.25) is 0 Å². The molecule has 0 saturated carbocycles. The summed E-state index contributed by atoms with van der Waals surface area (Å²) in [5, 5.41) is 3.08. The van der Waals surface area contributed by atoms with Crippen LogP contribution < -0.4 is 10.1 Å². The van der Waals surface area contributed by atoms with Crippen LogP contribution in [0.1, 0.15) is 24.9 Å². The molecule has 0 radical (unpaired) electrons. The Labute approximate surface area is 96.1 Å². The average molecular weight is 223 g/mol. The Balaban J connectivity index is 3.12. The SMILES string of the molecule is C=C(C)CC(NC)c1c(F)cccc1OC. The van der Waals surface area contributed by atoms with Crippen LogP contribution in [0.5, 0.6) is 5.75 Å². The number of nitrogens with one attached hydrogen (secondary N) is 1. The van der Waals surface area contributed by atoms with Crippen LogP contribution in [0, 0.1) is 5.82 Å². The molecule has 1 atom stereocenters. The number of methoxy groups -OCH3 is 1. The third-order valence-corrected chi connectivity index (χ3v) is 2.48. The van der Waals surface area contributed by atoms with Gasteiger partial charge in [-0.05, 0) is 32.5 Å². The number of hydrogen-bond donors (Lipinski definition) is 1. The molecule has 1 N–H and O–H groups in total. The fraction of sp³-hybridized carbons (Fsp3) is 0.385.